The van der Waals surface area contributed by atoms with Crippen LogP contribution >= 0.6 is 0 Å². The maximum absolute atomic E-state index is 11.4. The van der Waals surface area contributed by atoms with Crippen molar-refractivity contribution < 1.29 is 14.7 Å². The molecule has 0 aliphatic rings. The Morgan fingerprint density at radius 2 is 1.81 bits per heavy atom. The highest BCUT2D eigenvalue weighted by Crippen LogP contribution is 2.07. The molecule has 94 valence electrons. The highest BCUT2D eigenvalue weighted by molar-refractivity contribution is 5.82. The summed E-state index contributed by atoms with van der Waals surface area (Å²) in [5.41, 5.74) is 0. The topological polar surface area (TPSA) is 78.4 Å². The van der Waals surface area contributed by atoms with Crippen LogP contribution in [0.4, 0.5) is 4.79 Å². The second kappa shape index (κ2) is 7.09. The van der Waals surface area contributed by atoms with E-state index in [4.69, 9.17) is 5.11 Å². The molecule has 2 atom stereocenters. The Labute approximate surface area is 96.6 Å². The van der Waals surface area contributed by atoms with Crippen molar-refractivity contribution >= 4 is 12.0 Å². The van der Waals surface area contributed by atoms with Gasteiger partial charge in [0, 0.05) is 6.54 Å². The number of carboxylic acid groups (broad SMARTS) is 1. The summed E-state index contributed by atoms with van der Waals surface area (Å²) in [6, 6.07) is -1.24. The standard InChI is InChI=1S/C11H22N2O3/c1-5-8(4)9(10(14)15)13-11(16)12-6-7(2)3/h7-9H,5-6H2,1-4H3,(H,14,15)(H2,12,13,16)/t8?,9-/m0/s1. The van der Waals surface area contributed by atoms with E-state index in [0.29, 0.717) is 18.9 Å². The number of amides is 2. The first-order chi connectivity index (χ1) is 7.38. The van der Waals surface area contributed by atoms with Crippen molar-refractivity contribution in [1.29, 1.82) is 0 Å². The number of aliphatic carboxylic acids is 1. The van der Waals surface area contributed by atoms with Crippen molar-refractivity contribution in [2.75, 3.05) is 6.54 Å². The van der Waals surface area contributed by atoms with Crippen LogP contribution in [-0.2, 0) is 4.79 Å². The van der Waals surface area contributed by atoms with E-state index in [9.17, 15) is 9.59 Å². The summed E-state index contributed by atoms with van der Waals surface area (Å²) in [5.74, 6) is -0.728. The third-order valence-electron chi connectivity index (χ3n) is 2.44. The number of hydrogen-bond donors (Lipinski definition) is 3. The van der Waals surface area contributed by atoms with Gasteiger partial charge in [-0.2, -0.15) is 0 Å². The second-order valence-corrected chi connectivity index (χ2v) is 4.45. The van der Waals surface area contributed by atoms with Gasteiger partial charge in [0.25, 0.3) is 0 Å². The molecule has 2 amide bonds. The van der Waals surface area contributed by atoms with E-state index in [1.807, 2.05) is 27.7 Å². The second-order valence-electron chi connectivity index (χ2n) is 4.45. The van der Waals surface area contributed by atoms with Gasteiger partial charge in [0.1, 0.15) is 6.04 Å². The Kier molecular flexibility index (Phi) is 6.53. The lowest BCUT2D eigenvalue weighted by Crippen LogP contribution is -2.49. The lowest BCUT2D eigenvalue weighted by Gasteiger charge is -2.20. The van der Waals surface area contributed by atoms with E-state index in [2.05, 4.69) is 10.6 Å². The maximum atomic E-state index is 11.4. The molecule has 0 heterocycles. The number of carbonyl (C=O) groups excluding carboxylic acids is 1. The van der Waals surface area contributed by atoms with Crippen molar-refractivity contribution in [2.45, 2.75) is 40.2 Å². The summed E-state index contributed by atoms with van der Waals surface area (Å²) < 4.78 is 0. The van der Waals surface area contributed by atoms with Crippen LogP contribution in [0.1, 0.15) is 34.1 Å². The molecule has 0 saturated heterocycles. The van der Waals surface area contributed by atoms with Gasteiger partial charge in [-0.3, -0.25) is 0 Å². The molecule has 0 fully saturated rings. The average Bonchev–Trinajstić information content (AvgIpc) is 2.21. The van der Waals surface area contributed by atoms with E-state index < -0.39 is 18.0 Å². The molecule has 0 aliphatic heterocycles. The zero-order chi connectivity index (χ0) is 12.7. The molecule has 0 bridgehead atoms. The molecule has 0 rings (SSSR count). The molecule has 0 aromatic heterocycles. The van der Waals surface area contributed by atoms with Gasteiger partial charge in [-0.1, -0.05) is 34.1 Å². The molecule has 0 aliphatic carbocycles. The lowest BCUT2D eigenvalue weighted by atomic mass is 9.99. The van der Waals surface area contributed by atoms with E-state index in [1.165, 1.54) is 0 Å². The number of carboxylic acids is 1. The van der Waals surface area contributed by atoms with E-state index in [1.54, 1.807) is 0 Å². The zero-order valence-electron chi connectivity index (χ0n) is 10.4. The molecule has 5 nitrogen and oxygen atoms in total. The fraction of sp³-hybridized carbons (Fsp3) is 0.818. The maximum Gasteiger partial charge on any atom is 0.326 e. The van der Waals surface area contributed by atoms with E-state index >= 15 is 0 Å². The van der Waals surface area contributed by atoms with Gasteiger partial charge < -0.3 is 15.7 Å². The number of nitrogens with one attached hydrogen (secondary N) is 2. The molecule has 16 heavy (non-hydrogen) atoms. The van der Waals surface area contributed by atoms with Crippen molar-refractivity contribution in [3.05, 3.63) is 0 Å². The van der Waals surface area contributed by atoms with Crippen molar-refractivity contribution in [3.63, 3.8) is 0 Å². The summed E-state index contributed by atoms with van der Waals surface area (Å²) in [6.45, 7) is 8.20. The van der Waals surface area contributed by atoms with Crippen LogP contribution in [0.3, 0.4) is 0 Å². The highest BCUT2D eigenvalue weighted by Gasteiger charge is 2.24. The van der Waals surface area contributed by atoms with Gasteiger partial charge in [0.2, 0.25) is 0 Å². The highest BCUT2D eigenvalue weighted by atomic mass is 16.4. The van der Waals surface area contributed by atoms with E-state index in [0.717, 1.165) is 0 Å². The normalized spacial score (nSPS) is 14.3. The first-order valence-electron chi connectivity index (χ1n) is 5.65. The minimum absolute atomic E-state index is 0.0812. The minimum atomic E-state index is -0.992. The summed E-state index contributed by atoms with van der Waals surface area (Å²) >= 11 is 0. The van der Waals surface area contributed by atoms with E-state index in [-0.39, 0.29) is 5.92 Å². The third kappa shape index (κ3) is 5.58. The Hall–Kier alpha value is -1.26. The summed E-state index contributed by atoms with van der Waals surface area (Å²) in [7, 11) is 0. The van der Waals surface area contributed by atoms with Crippen LogP contribution in [-0.4, -0.2) is 29.7 Å². The smallest absolute Gasteiger partial charge is 0.326 e. The fourth-order valence-corrected chi connectivity index (χ4v) is 1.17. The summed E-state index contributed by atoms with van der Waals surface area (Å²) in [6.07, 6.45) is 0.710. The average molecular weight is 230 g/mol. The van der Waals surface area contributed by atoms with Crippen molar-refractivity contribution in [2.24, 2.45) is 11.8 Å². The largest absolute Gasteiger partial charge is 0.480 e. The number of urea groups is 1. The predicted octanol–water partition coefficient (Wildman–Crippen LogP) is 1.44. The van der Waals surface area contributed by atoms with Gasteiger partial charge in [0.15, 0.2) is 0 Å². The summed E-state index contributed by atoms with van der Waals surface area (Å²) in [5, 5.41) is 14.1. The molecule has 0 aromatic carbocycles. The molecule has 0 saturated carbocycles. The van der Waals surface area contributed by atoms with Gasteiger partial charge in [-0.05, 0) is 11.8 Å². The Morgan fingerprint density at radius 3 is 2.19 bits per heavy atom. The van der Waals surface area contributed by atoms with Crippen LogP contribution in [0.25, 0.3) is 0 Å². The Balaban J connectivity index is 4.19. The molecule has 0 radical (unpaired) electrons. The molecule has 5 heteroatoms. The predicted molar refractivity (Wildman–Crippen MR) is 62.3 cm³/mol. The van der Waals surface area contributed by atoms with Crippen LogP contribution in [0.2, 0.25) is 0 Å². The fourth-order valence-electron chi connectivity index (χ4n) is 1.17. The zero-order valence-corrected chi connectivity index (χ0v) is 10.4. The Bertz CT molecular complexity index is 241. The SMILES string of the molecule is CCC(C)[C@H](NC(=O)NCC(C)C)C(=O)O. The number of carbonyl (C=O) groups is 2. The van der Waals surface area contributed by atoms with Gasteiger partial charge in [0.05, 0.1) is 0 Å². The molecule has 0 aromatic rings. The monoisotopic (exact) mass is 230 g/mol. The third-order valence-corrected chi connectivity index (χ3v) is 2.44. The van der Waals surface area contributed by atoms with Crippen LogP contribution in [0.15, 0.2) is 0 Å². The van der Waals surface area contributed by atoms with Gasteiger partial charge in [-0.15, -0.1) is 0 Å². The molecule has 0 spiro atoms. The van der Waals surface area contributed by atoms with Crippen LogP contribution in [0.5, 0.6) is 0 Å². The first kappa shape index (κ1) is 14.7. The molecule has 1 unspecified atom stereocenters. The number of rotatable bonds is 6. The minimum Gasteiger partial charge on any atom is -0.480 e. The van der Waals surface area contributed by atoms with Crippen LogP contribution in [0, 0.1) is 11.8 Å². The molecule has 3 N–H and O–H groups in total. The van der Waals surface area contributed by atoms with Gasteiger partial charge >= 0.3 is 12.0 Å². The quantitative estimate of drug-likeness (QED) is 0.646. The first-order valence-corrected chi connectivity index (χ1v) is 5.65. The Morgan fingerprint density at radius 1 is 1.25 bits per heavy atom. The lowest BCUT2D eigenvalue weighted by molar-refractivity contribution is -0.140. The summed E-state index contributed by atoms with van der Waals surface area (Å²) in [4.78, 5) is 22.3. The molecular weight excluding hydrogens is 208 g/mol. The molecular formula is C11H22N2O3. The van der Waals surface area contributed by atoms with Gasteiger partial charge in [-0.25, -0.2) is 9.59 Å². The van der Waals surface area contributed by atoms with Crippen LogP contribution < -0.4 is 10.6 Å². The van der Waals surface area contributed by atoms with Crippen molar-refractivity contribution in [3.8, 4) is 0 Å². The van der Waals surface area contributed by atoms with Crippen molar-refractivity contribution in [1.82, 2.24) is 10.6 Å². The number of hydrogen-bond acceptors (Lipinski definition) is 2.